The number of rotatable bonds is 4. The minimum atomic E-state index is -1.40. The van der Waals surface area contributed by atoms with Gasteiger partial charge in [0.1, 0.15) is 23.1 Å². The standard InChI is InChI=1S/C13H9NO.C9H14OSi.C7H4FN/c14-10-11-6-8-13(9-7-11)15-12-4-2-1-3-5-12;1-11(2,3)10-9-7-5-4-6-8-9;8-7-3-1-6(5-9)2-4-7/h1-9H;4-8H,1-3H3;1-4H. The van der Waals surface area contributed by atoms with Crippen molar-refractivity contribution in [2.75, 3.05) is 0 Å². The van der Waals surface area contributed by atoms with Gasteiger partial charge in [0.05, 0.1) is 23.3 Å². The minimum absolute atomic E-state index is 0.311. The Hall–Kier alpha value is -4.39. The maximum Gasteiger partial charge on any atom is 0.242 e. The van der Waals surface area contributed by atoms with E-state index in [1.165, 1.54) is 24.3 Å². The Morgan fingerprint density at radius 2 is 0.971 bits per heavy atom. The summed E-state index contributed by atoms with van der Waals surface area (Å²) in [6, 6.07) is 35.9. The lowest BCUT2D eigenvalue weighted by Crippen LogP contribution is -2.29. The molecule has 0 heterocycles. The lowest BCUT2D eigenvalue weighted by molar-refractivity contribution is 0.482. The summed E-state index contributed by atoms with van der Waals surface area (Å²) in [7, 11) is -1.40. The fourth-order valence-electron chi connectivity index (χ4n) is 2.59. The average molecular weight is 483 g/mol. The van der Waals surface area contributed by atoms with Crippen molar-refractivity contribution in [3.05, 3.63) is 126 Å². The number of halogens is 1. The van der Waals surface area contributed by atoms with Crippen molar-refractivity contribution in [1.82, 2.24) is 0 Å². The molecule has 0 radical (unpaired) electrons. The highest BCUT2D eigenvalue weighted by atomic mass is 28.4. The van der Waals surface area contributed by atoms with Gasteiger partial charge in [-0.3, -0.25) is 0 Å². The van der Waals surface area contributed by atoms with Gasteiger partial charge in [0, 0.05) is 0 Å². The maximum atomic E-state index is 12.1. The zero-order valence-corrected chi connectivity index (χ0v) is 21.0. The Balaban J connectivity index is 0.000000193. The van der Waals surface area contributed by atoms with Crippen LogP contribution in [-0.4, -0.2) is 8.32 Å². The fraction of sp³-hybridized carbons (Fsp3) is 0.103. The van der Waals surface area contributed by atoms with E-state index in [1.54, 1.807) is 24.3 Å². The van der Waals surface area contributed by atoms with E-state index < -0.39 is 8.32 Å². The van der Waals surface area contributed by atoms with Crippen molar-refractivity contribution >= 4 is 8.32 Å². The summed E-state index contributed by atoms with van der Waals surface area (Å²) in [5.74, 6) is 2.21. The second-order valence-electron chi connectivity index (χ2n) is 8.20. The zero-order valence-electron chi connectivity index (χ0n) is 20.0. The molecule has 0 aliphatic carbocycles. The molecule has 0 aromatic heterocycles. The molecule has 0 bridgehead atoms. The van der Waals surface area contributed by atoms with Gasteiger partial charge >= 0.3 is 0 Å². The monoisotopic (exact) mass is 482 g/mol. The molecule has 35 heavy (non-hydrogen) atoms. The number of hydrogen-bond acceptors (Lipinski definition) is 4. The van der Waals surface area contributed by atoms with E-state index in [1.807, 2.05) is 66.7 Å². The molecule has 0 saturated heterocycles. The van der Waals surface area contributed by atoms with E-state index >= 15 is 0 Å². The van der Waals surface area contributed by atoms with Crippen molar-refractivity contribution < 1.29 is 13.6 Å². The van der Waals surface area contributed by atoms with E-state index in [4.69, 9.17) is 19.7 Å². The Morgan fingerprint density at radius 1 is 0.571 bits per heavy atom. The van der Waals surface area contributed by atoms with Crippen molar-refractivity contribution in [3.8, 4) is 29.4 Å². The predicted molar refractivity (Wildman–Crippen MR) is 139 cm³/mol. The van der Waals surface area contributed by atoms with Crippen LogP contribution in [-0.2, 0) is 0 Å². The zero-order chi connectivity index (χ0) is 25.5. The molecule has 0 fully saturated rings. The second-order valence-corrected chi connectivity index (χ2v) is 12.6. The van der Waals surface area contributed by atoms with E-state index in [0.29, 0.717) is 11.1 Å². The summed E-state index contributed by atoms with van der Waals surface area (Å²) in [5.41, 5.74) is 1.12. The van der Waals surface area contributed by atoms with E-state index in [0.717, 1.165) is 17.2 Å². The molecule has 0 amide bonds. The van der Waals surface area contributed by atoms with Crippen molar-refractivity contribution in [2.45, 2.75) is 19.6 Å². The van der Waals surface area contributed by atoms with Gasteiger partial charge in [-0.1, -0.05) is 36.4 Å². The van der Waals surface area contributed by atoms with E-state index in [2.05, 4.69) is 25.7 Å². The summed E-state index contributed by atoms with van der Waals surface area (Å²) >= 11 is 0. The second kappa shape index (κ2) is 14.0. The molecule has 6 heteroatoms. The highest BCUT2D eigenvalue weighted by Crippen LogP contribution is 2.20. The predicted octanol–water partition coefficient (Wildman–Crippen LogP) is 7.95. The number of para-hydroxylation sites is 2. The lowest BCUT2D eigenvalue weighted by Gasteiger charge is -2.18. The Morgan fingerprint density at radius 3 is 1.40 bits per heavy atom. The molecule has 4 aromatic carbocycles. The molecule has 0 saturated carbocycles. The first-order chi connectivity index (χ1) is 16.8. The molecular formula is C29H27FN2O2Si. The molecule has 0 spiro atoms. The van der Waals surface area contributed by atoms with Crippen LogP contribution < -0.4 is 9.16 Å². The Bertz CT molecular complexity index is 1230. The van der Waals surface area contributed by atoms with Crippen LogP contribution in [0.2, 0.25) is 19.6 Å². The topological polar surface area (TPSA) is 66.0 Å². The molecule has 0 aliphatic heterocycles. The average Bonchev–Trinajstić information content (AvgIpc) is 2.86. The van der Waals surface area contributed by atoms with Gasteiger partial charge in [0.2, 0.25) is 8.32 Å². The lowest BCUT2D eigenvalue weighted by atomic mass is 10.2. The van der Waals surface area contributed by atoms with Crippen LogP contribution in [0.1, 0.15) is 11.1 Å². The van der Waals surface area contributed by atoms with Crippen molar-refractivity contribution in [1.29, 1.82) is 10.5 Å². The summed E-state index contributed by atoms with van der Waals surface area (Å²) in [6.07, 6.45) is 0. The quantitative estimate of drug-likeness (QED) is 0.277. The summed E-state index contributed by atoms with van der Waals surface area (Å²) in [6.45, 7) is 6.54. The van der Waals surface area contributed by atoms with Crippen LogP contribution >= 0.6 is 0 Å². The van der Waals surface area contributed by atoms with Gasteiger partial charge in [-0.15, -0.1) is 0 Å². The van der Waals surface area contributed by atoms with E-state index in [9.17, 15) is 4.39 Å². The van der Waals surface area contributed by atoms with Gasteiger partial charge in [-0.2, -0.15) is 10.5 Å². The van der Waals surface area contributed by atoms with Crippen molar-refractivity contribution in [3.63, 3.8) is 0 Å². The molecule has 0 unspecified atom stereocenters. The highest BCUT2D eigenvalue weighted by Gasteiger charge is 2.15. The van der Waals surface area contributed by atoms with E-state index in [-0.39, 0.29) is 5.82 Å². The number of hydrogen-bond donors (Lipinski definition) is 0. The largest absolute Gasteiger partial charge is 0.544 e. The molecule has 176 valence electrons. The molecular weight excluding hydrogens is 455 g/mol. The van der Waals surface area contributed by atoms with Gasteiger partial charge in [0.25, 0.3) is 0 Å². The smallest absolute Gasteiger partial charge is 0.242 e. The number of benzene rings is 4. The highest BCUT2D eigenvalue weighted by molar-refractivity contribution is 6.70. The Labute approximate surface area is 207 Å². The SMILES string of the molecule is C[Si](C)(C)Oc1ccccc1.N#Cc1ccc(F)cc1.N#Cc1ccc(Oc2ccccc2)cc1. The fourth-order valence-corrected chi connectivity index (χ4v) is 3.43. The molecule has 0 N–H and O–H groups in total. The number of nitriles is 2. The third kappa shape index (κ3) is 11.3. The van der Waals surface area contributed by atoms with Gasteiger partial charge < -0.3 is 9.16 Å². The van der Waals surface area contributed by atoms with Gasteiger partial charge in [0.15, 0.2) is 0 Å². The summed E-state index contributed by atoms with van der Waals surface area (Å²) in [5, 5.41) is 16.9. The van der Waals surface area contributed by atoms with Gasteiger partial charge in [-0.05, 0) is 92.4 Å². The Kier molecular flexibility index (Phi) is 10.7. The van der Waals surface area contributed by atoms with Crippen LogP contribution in [0.5, 0.6) is 17.2 Å². The van der Waals surface area contributed by atoms with Crippen LogP contribution in [0.4, 0.5) is 4.39 Å². The summed E-state index contributed by atoms with van der Waals surface area (Å²) in [4.78, 5) is 0. The van der Waals surface area contributed by atoms with Crippen molar-refractivity contribution in [2.24, 2.45) is 0 Å². The van der Waals surface area contributed by atoms with Crippen LogP contribution in [0.25, 0.3) is 0 Å². The van der Waals surface area contributed by atoms with Crippen LogP contribution in [0, 0.1) is 28.5 Å². The first kappa shape index (κ1) is 26.9. The molecule has 0 aliphatic rings. The third-order valence-electron chi connectivity index (χ3n) is 4.10. The number of ether oxygens (including phenoxy) is 1. The van der Waals surface area contributed by atoms with Crippen LogP contribution in [0.15, 0.2) is 109 Å². The maximum absolute atomic E-state index is 12.1. The van der Waals surface area contributed by atoms with Gasteiger partial charge in [-0.25, -0.2) is 4.39 Å². The third-order valence-corrected chi connectivity index (χ3v) is 4.95. The normalized spacial score (nSPS) is 9.66. The number of nitrogens with zero attached hydrogens (tertiary/aromatic N) is 2. The molecule has 0 atom stereocenters. The first-order valence-electron chi connectivity index (χ1n) is 10.9. The minimum Gasteiger partial charge on any atom is -0.544 e. The summed E-state index contributed by atoms with van der Waals surface area (Å²) < 4.78 is 23.4. The van der Waals surface area contributed by atoms with Crippen LogP contribution in [0.3, 0.4) is 0 Å². The molecule has 4 aromatic rings. The molecule has 4 rings (SSSR count). The molecule has 4 nitrogen and oxygen atoms in total. The first-order valence-corrected chi connectivity index (χ1v) is 14.3.